The number of hydrogen-bond acceptors (Lipinski definition) is 3. The number of aromatic hydroxyl groups is 1. The van der Waals surface area contributed by atoms with Crippen LogP contribution in [-0.4, -0.2) is 32.5 Å². The molecule has 1 aliphatic heterocycles. The Hall–Kier alpha value is -2.47. The molecule has 1 aromatic rings. The molecule has 0 fully saturated rings. The summed E-state index contributed by atoms with van der Waals surface area (Å²) in [5, 5.41) is 23.8. The third-order valence-corrected chi connectivity index (χ3v) is 3.44. The molecule has 6 nitrogen and oxygen atoms in total. The van der Waals surface area contributed by atoms with E-state index in [-0.39, 0.29) is 11.4 Å². The number of fused-ring (bicyclic) bond motifs is 3. The fraction of sp³-hybridized carbons (Fsp3) is 0.214. The molecule has 0 amide bonds. The molecule has 1 aromatic carbocycles. The molecule has 5 N–H and O–H groups in total. The maximum atomic E-state index is 11.5. The highest BCUT2D eigenvalue weighted by Crippen LogP contribution is 2.37. The molecule has 104 valence electrons. The number of benzene rings is 1. The number of aromatic amines is 1. The molecule has 0 bridgehead atoms. The number of phenols is 1. The second-order valence-electron chi connectivity index (χ2n) is 4.76. The summed E-state index contributed by atoms with van der Waals surface area (Å²) < 4.78 is 1.60. The summed E-state index contributed by atoms with van der Waals surface area (Å²) >= 11 is 0. The van der Waals surface area contributed by atoms with Crippen molar-refractivity contribution in [1.82, 2.24) is 9.78 Å². The molecule has 0 saturated carbocycles. The van der Waals surface area contributed by atoms with Crippen LogP contribution < -0.4 is 5.73 Å². The van der Waals surface area contributed by atoms with E-state index in [1.165, 1.54) is 0 Å². The summed E-state index contributed by atoms with van der Waals surface area (Å²) in [6.07, 6.45) is 0.692. The van der Waals surface area contributed by atoms with Gasteiger partial charge in [-0.1, -0.05) is 6.07 Å². The van der Waals surface area contributed by atoms with Crippen LogP contribution in [0.5, 0.6) is 5.75 Å². The minimum Gasteiger partial charge on any atom is -0.508 e. The van der Waals surface area contributed by atoms with Crippen molar-refractivity contribution in [3.63, 3.8) is 0 Å². The Labute approximate surface area is 114 Å². The van der Waals surface area contributed by atoms with Crippen LogP contribution in [0.1, 0.15) is 16.9 Å². The smallest absolute Gasteiger partial charge is 0.354 e. The van der Waals surface area contributed by atoms with Crippen molar-refractivity contribution in [2.45, 2.75) is 13.0 Å². The van der Waals surface area contributed by atoms with Gasteiger partial charge in [-0.25, -0.2) is 4.79 Å². The van der Waals surface area contributed by atoms with Gasteiger partial charge < -0.3 is 15.9 Å². The van der Waals surface area contributed by atoms with Gasteiger partial charge in [0, 0.05) is 17.5 Å². The molecular formula is C14H15N3O3. The molecule has 0 aromatic heterocycles. The molecule has 20 heavy (non-hydrogen) atoms. The first-order chi connectivity index (χ1) is 9.61. The van der Waals surface area contributed by atoms with Crippen molar-refractivity contribution >= 4 is 16.7 Å². The van der Waals surface area contributed by atoms with Gasteiger partial charge in [-0.05, 0) is 36.6 Å². The average Bonchev–Trinajstić information content (AvgIpc) is 2.91. The second kappa shape index (κ2) is 4.57. The predicted octanol–water partition coefficient (Wildman–Crippen LogP) is 1.83. The first-order valence-corrected chi connectivity index (χ1v) is 6.39. The minimum atomic E-state index is -0.979. The van der Waals surface area contributed by atoms with Crippen LogP contribution >= 0.6 is 0 Å². The normalized spacial score (nSPS) is 11.4. The number of carbonyl (C=O) groups is 1. The van der Waals surface area contributed by atoms with Gasteiger partial charge in [0.25, 0.3) is 0 Å². The molecule has 2 aliphatic rings. The van der Waals surface area contributed by atoms with Gasteiger partial charge in [-0.3, -0.25) is 9.78 Å². The molecular weight excluding hydrogens is 258 g/mol. The van der Waals surface area contributed by atoms with Gasteiger partial charge in [0.1, 0.15) is 5.75 Å². The zero-order chi connectivity index (χ0) is 14.3. The largest absolute Gasteiger partial charge is 0.508 e. The van der Waals surface area contributed by atoms with E-state index in [0.29, 0.717) is 25.1 Å². The highest BCUT2D eigenvalue weighted by atomic mass is 16.4. The van der Waals surface area contributed by atoms with Crippen molar-refractivity contribution < 1.29 is 15.0 Å². The number of hydrogen-bond donors (Lipinski definition) is 4. The standard InChI is InChI=1S/C14H15N3O3/c15-4-1-5-17-13(14(19)20)11-6-8-2-3-9(18)7-10(8)12(11)16-17/h2-3,6-7,16,18H,1,4-5,15H2,(H,19,20). The number of nitrogens with zero attached hydrogens (tertiary/aromatic N) is 1. The minimum absolute atomic E-state index is 0.157. The number of nitrogens with one attached hydrogen (secondary N) is 1. The Kier molecular flexibility index (Phi) is 2.87. The molecule has 1 heterocycles. The summed E-state index contributed by atoms with van der Waals surface area (Å²) in [6.45, 7) is 1.02. The summed E-state index contributed by atoms with van der Waals surface area (Å²) in [7, 11) is 0. The maximum Gasteiger partial charge on any atom is 0.354 e. The molecule has 6 heteroatoms. The van der Waals surface area contributed by atoms with Crippen molar-refractivity contribution in [2.24, 2.45) is 5.73 Å². The number of carboxylic acids is 1. The Morgan fingerprint density at radius 2 is 2.15 bits per heavy atom. The molecule has 0 unspecified atom stereocenters. The topological polar surface area (TPSA) is 104 Å². The van der Waals surface area contributed by atoms with Crippen LogP contribution in [0.2, 0.25) is 0 Å². The molecule has 0 saturated heterocycles. The van der Waals surface area contributed by atoms with Crippen LogP contribution in [0.4, 0.5) is 0 Å². The molecule has 0 spiro atoms. The lowest BCUT2D eigenvalue weighted by atomic mass is 10.2. The number of phenolic OH excluding ortho intramolecular Hbond substituents is 1. The fourth-order valence-corrected chi connectivity index (χ4v) is 2.55. The number of aromatic nitrogens is 2. The number of aryl methyl sites for hydroxylation is 1. The van der Waals surface area contributed by atoms with Gasteiger partial charge in [-0.15, -0.1) is 0 Å². The lowest BCUT2D eigenvalue weighted by molar-refractivity contribution is 0.0684. The van der Waals surface area contributed by atoms with Crippen molar-refractivity contribution in [1.29, 1.82) is 0 Å². The molecule has 1 aliphatic carbocycles. The number of rotatable bonds is 4. The van der Waals surface area contributed by atoms with E-state index in [2.05, 4.69) is 5.10 Å². The summed E-state index contributed by atoms with van der Waals surface area (Å²) in [5.41, 5.74) is 7.08. The van der Waals surface area contributed by atoms with Crippen LogP contribution in [0.3, 0.4) is 0 Å². The number of nitrogens with two attached hydrogens (primary N) is 1. The molecule has 0 atom stereocenters. The first-order valence-electron chi connectivity index (χ1n) is 6.39. The highest BCUT2D eigenvalue weighted by Gasteiger charge is 2.24. The Morgan fingerprint density at radius 3 is 2.85 bits per heavy atom. The van der Waals surface area contributed by atoms with E-state index in [0.717, 1.165) is 16.5 Å². The summed E-state index contributed by atoms with van der Waals surface area (Å²) in [4.78, 5) is 11.5. The Balaban J connectivity index is 2.24. The van der Waals surface area contributed by atoms with Gasteiger partial charge in [0.2, 0.25) is 0 Å². The van der Waals surface area contributed by atoms with Crippen molar-refractivity contribution in [3.8, 4) is 17.0 Å². The van der Waals surface area contributed by atoms with Gasteiger partial charge in [-0.2, -0.15) is 0 Å². The van der Waals surface area contributed by atoms with Gasteiger partial charge >= 0.3 is 5.97 Å². The van der Waals surface area contributed by atoms with E-state index in [1.54, 1.807) is 22.9 Å². The molecule has 3 rings (SSSR count). The first kappa shape index (κ1) is 12.6. The summed E-state index contributed by atoms with van der Waals surface area (Å²) in [5.74, 6) is -0.821. The lowest BCUT2D eigenvalue weighted by Gasteiger charge is -2.04. The van der Waals surface area contributed by atoms with Crippen LogP contribution in [-0.2, 0) is 6.54 Å². The Bertz CT molecular complexity index is 757. The van der Waals surface area contributed by atoms with E-state index in [4.69, 9.17) is 5.73 Å². The number of carboxylic acid groups (broad SMARTS) is 1. The third kappa shape index (κ3) is 1.81. The zero-order valence-electron chi connectivity index (χ0n) is 10.8. The van der Waals surface area contributed by atoms with E-state index < -0.39 is 5.97 Å². The molecule has 0 radical (unpaired) electrons. The summed E-state index contributed by atoms with van der Waals surface area (Å²) in [6, 6.07) is 6.81. The zero-order valence-corrected chi connectivity index (χ0v) is 10.8. The van der Waals surface area contributed by atoms with Crippen LogP contribution in [0, 0.1) is 0 Å². The van der Waals surface area contributed by atoms with Crippen molar-refractivity contribution in [2.75, 3.05) is 6.54 Å². The SMILES string of the molecule is NCCCn1[nH]c2c3cc(O)ccc3cc-2c1C(=O)O. The highest BCUT2D eigenvalue weighted by molar-refractivity contribution is 6.07. The fourth-order valence-electron chi connectivity index (χ4n) is 2.55. The number of H-pyrrole nitrogens is 1. The van der Waals surface area contributed by atoms with Gasteiger partial charge in [0.05, 0.1) is 5.69 Å². The maximum absolute atomic E-state index is 11.5. The average molecular weight is 273 g/mol. The van der Waals surface area contributed by atoms with Crippen LogP contribution in [0.25, 0.3) is 22.0 Å². The Morgan fingerprint density at radius 1 is 1.35 bits per heavy atom. The van der Waals surface area contributed by atoms with E-state index in [1.807, 2.05) is 6.07 Å². The third-order valence-electron chi connectivity index (χ3n) is 3.44. The van der Waals surface area contributed by atoms with Crippen molar-refractivity contribution in [3.05, 3.63) is 30.0 Å². The van der Waals surface area contributed by atoms with E-state index >= 15 is 0 Å². The lowest BCUT2D eigenvalue weighted by Crippen LogP contribution is -2.13. The quantitative estimate of drug-likeness (QED) is 0.582. The van der Waals surface area contributed by atoms with Gasteiger partial charge in [0.15, 0.2) is 5.69 Å². The van der Waals surface area contributed by atoms with Crippen LogP contribution in [0.15, 0.2) is 24.3 Å². The second-order valence-corrected chi connectivity index (χ2v) is 4.76. The van der Waals surface area contributed by atoms with E-state index in [9.17, 15) is 15.0 Å². The predicted molar refractivity (Wildman–Crippen MR) is 75.2 cm³/mol. The monoisotopic (exact) mass is 273 g/mol. The number of aromatic carboxylic acids is 1.